The Morgan fingerprint density at radius 1 is 1.40 bits per heavy atom. The zero-order valence-corrected chi connectivity index (χ0v) is 10.9. The van der Waals surface area contributed by atoms with Crippen molar-refractivity contribution in [2.24, 2.45) is 5.73 Å². The molecule has 0 atom stereocenters. The van der Waals surface area contributed by atoms with Gasteiger partial charge in [0.05, 0.1) is 0 Å². The molecule has 1 aliphatic rings. The van der Waals surface area contributed by atoms with E-state index in [0.717, 1.165) is 22.5 Å². The highest BCUT2D eigenvalue weighted by atomic mass is 79.9. The van der Waals surface area contributed by atoms with Gasteiger partial charge in [-0.15, -0.1) is 0 Å². The lowest BCUT2D eigenvalue weighted by molar-refractivity contribution is 0.228. The molecule has 1 fully saturated rings. The molecule has 0 amide bonds. The summed E-state index contributed by atoms with van der Waals surface area (Å²) in [5.74, 6) is 0. The van der Waals surface area contributed by atoms with Crippen molar-refractivity contribution in [3.05, 3.63) is 33.3 Å². The average Bonchev–Trinajstić information content (AvgIpc) is 2.12. The van der Waals surface area contributed by atoms with E-state index in [2.05, 4.69) is 22.0 Å². The summed E-state index contributed by atoms with van der Waals surface area (Å²) in [6, 6.07) is 6.09. The van der Waals surface area contributed by atoms with Crippen molar-refractivity contribution < 1.29 is 0 Å². The summed E-state index contributed by atoms with van der Waals surface area (Å²) in [7, 11) is 0. The number of hydrogen-bond acceptors (Lipinski definition) is 1. The molecule has 1 aromatic carbocycles. The van der Waals surface area contributed by atoms with Crippen LogP contribution in [0.25, 0.3) is 0 Å². The third-order valence-electron chi connectivity index (χ3n) is 3.44. The Labute approximate surface area is 104 Å². The van der Waals surface area contributed by atoms with Crippen LogP contribution in [0.4, 0.5) is 0 Å². The minimum Gasteiger partial charge on any atom is -0.330 e. The van der Waals surface area contributed by atoms with E-state index in [9.17, 15) is 0 Å². The third kappa shape index (κ3) is 2.08. The Morgan fingerprint density at radius 2 is 2.13 bits per heavy atom. The second kappa shape index (κ2) is 4.44. The number of benzene rings is 1. The van der Waals surface area contributed by atoms with Crippen LogP contribution < -0.4 is 5.73 Å². The second-order valence-electron chi connectivity index (χ2n) is 4.30. The molecule has 1 aromatic rings. The standard InChI is InChI=1S/C12H15BrClN/c13-11-8-9(14)2-3-10(11)12(6-7-15)4-1-5-12/h2-3,8H,1,4-7,15H2. The first kappa shape index (κ1) is 11.4. The summed E-state index contributed by atoms with van der Waals surface area (Å²) in [6.45, 7) is 0.759. The van der Waals surface area contributed by atoms with Gasteiger partial charge in [0, 0.05) is 9.50 Å². The van der Waals surface area contributed by atoms with Crippen molar-refractivity contribution in [3.8, 4) is 0 Å². The van der Waals surface area contributed by atoms with Crippen molar-refractivity contribution in [1.82, 2.24) is 0 Å². The van der Waals surface area contributed by atoms with Crippen LogP contribution in [0.2, 0.25) is 5.02 Å². The molecule has 0 aromatic heterocycles. The monoisotopic (exact) mass is 287 g/mol. The summed E-state index contributed by atoms with van der Waals surface area (Å²) >= 11 is 9.55. The van der Waals surface area contributed by atoms with E-state index in [0.29, 0.717) is 5.41 Å². The average molecular weight is 289 g/mol. The number of hydrogen-bond donors (Lipinski definition) is 1. The fourth-order valence-corrected chi connectivity index (χ4v) is 3.56. The summed E-state index contributed by atoms with van der Waals surface area (Å²) < 4.78 is 1.13. The van der Waals surface area contributed by atoms with E-state index in [1.807, 2.05) is 12.1 Å². The van der Waals surface area contributed by atoms with Crippen molar-refractivity contribution >= 4 is 27.5 Å². The van der Waals surface area contributed by atoms with Crippen LogP contribution in [0.5, 0.6) is 0 Å². The van der Waals surface area contributed by atoms with Crippen molar-refractivity contribution in [2.45, 2.75) is 31.1 Å². The smallest absolute Gasteiger partial charge is 0.0417 e. The van der Waals surface area contributed by atoms with Crippen LogP contribution in [0.15, 0.2) is 22.7 Å². The van der Waals surface area contributed by atoms with Crippen LogP contribution in [0.1, 0.15) is 31.2 Å². The highest BCUT2D eigenvalue weighted by Gasteiger charge is 2.38. The molecule has 1 nitrogen and oxygen atoms in total. The predicted molar refractivity (Wildman–Crippen MR) is 68.4 cm³/mol. The Balaban J connectivity index is 2.34. The second-order valence-corrected chi connectivity index (χ2v) is 5.59. The molecule has 15 heavy (non-hydrogen) atoms. The number of halogens is 2. The van der Waals surface area contributed by atoms with E-state index in [1.54, 1.807) is 0 Å². The van der Waals surface area contributed by atoms with Crippen LogP contribution in [0, 0.1) is 0 Å². The van der Waals surface area contributed by atoms with Gasteiger partial charge in [-0.25, -0.2) is 0 Å². The molecule has 0 aliphatic heterocycles. The van der Waals surface area contributed by atoms with E-state index < -0.39 is 0 Å². The van der Waals surface area contributed by atoms with E-state index in [1.165, 1.54) is 24.8 Å². The fourth-order valence-electron chi connectivity index (χ4n) is 2.45. The molecule has 2 rings (SSSR count). The lowest BCUT2D eigenvalue weighted by Gasteiger charge is -2.43. The van der Waals surface area contributed by atoms with Crippen LogP contribution in [0.3, 0.4) is 0 Å². The minimum atomic E-state index is 0.318. The third-order valence-corrected chi connectivity index (χ3v) is 4.33. The van der Waals surface area contributed by atoms with Gasteiger partial charge >= 0.3 is 0 Å². The predicted octanol–water partition coefficient (Wildman–Crippen LogP) is 3.87. The van der Waals surface area contributed by atoms with Gasteiger partial charge < -0.3 is 5.73 Å². The SMILES string of the molecule is NCCC1(c2ccc(Cl)cc2Br)CCC1. The normalized spacial score (nSPS) is 18.6. The first-order valence-electron chi connectivity index (χ1n) is 5.33. The van der Waals surface area contributed by atoms with Gasteiger partial charge in [0.25, 0.3) is 0 Å². The van der Waals surface area contributed by atoms with Gasteiger partial charge in [-0.3, -0.25) is 0 Å². The molecule has 0 bridgehead atoms. The highest BCUT2D eigenvalue weighted by molar-refractivity contribution is 9.10. The van der Waals surface area contributed by atoms with Crippen molar-refractivity contribution in [3.63, 3.8) is 0 Å². The summed E-state index contributed by atoms with van der Waals surface area (Å²) in [5.41, 5.74) is 7.40. The van der Waals surface area contributed by atoms with E-state index in [4.69, 9.17) is 17.3 Å². The maximum Gasteiger partial charge on any atom is 0.0417 e. The zero-order valence-electron chi connectivity index (χ0n) is 8.60. The minimum absolute atomic E-state index is 0.318. The summed E-state index contributed by atoms with van der Waals surface area (Å²) in [5, 5.41) is 0.785. The maximum atomic E-state index is 5.95. The topological polar surface area (TPSA) is 26.0 Å². The van der Waals surface area contributed by atoms with E-state index in [-0.39, 0.29) is 0 Å². The lowest BCUT2D eigenvalue weighted by Crippen LogP contribution is -2.36. The number of rotatable bonds is 3. The molecule has 0 saturated heterocycles. The van der Waals surface area contributed by atoms with Crippen molar-refractivity contribution in [1.29, 1.82) is 0 Å². The van der Waals surface area contributed by atoms with Gasteiger partial charge in [-0.2, -0.15) is 0 Å². The number of nitrogens with two attached hydrogens (primary N) is 1. The molecule has 1 aliphatic carbocycles. The first-order valence-corrected chi connectivity index (χ1v) is 6.51. The molecular formula is C12H15BrClN. The fraction of sp³-hybridized carbons (Fsp3) is 0.500. The highest BCUT2D eigenvalue weighted by Crippen LogP contribution is 2.48. The first-order chi connectivity index (χ1) is 7.18. The van der Waals surface area contributed by atoms with Crippen LogP contribution in [-0.4, -0.2) is 6.54 Å². The Bertz CT molecular complexity index is 361. The van der Waals surface area contributed by atoms with Crippen molar-refractivity contribution in [2.75, 3.05) is 6.54 Å². The largest absolute Gasteiger partial charge is 0.330 e. The Hall–Kier alpha value is -0.0500. The van der Waals surface area contributed by atoms with Crippen LogP contribution >= 0.6 is 27.5 Å². The van der Waals surface area contributed by atoms with E-state index >= 15 is 0 Å². The van der Waals surface area contributed by atoms with Gasteiger partial charge in [0.1, 0.15) is 0 Å². The summed E-state index contributed by atoms with van der Waals surface area (Å²) in [4.78, 5) is 0. The zero-order chi connectivity index (χ0) is 10.9. The molecule has 0 radical (unpaired) electrons. The molecule has 2 N–H and O–H groups in total. The maximum absolute atomic E-state index is 5.95. The molecule has 3 heteroatoms. The molecule has 0 spiro atoms. The Kier molecular flexibility index (Phi) is 3.39. The molecule has 0 unspecified atom stereocenters. The molecule has 82 valence electrons. The quantitative estimate of drug-likeness (QED) is 0.897. The van der Waals surface area contributed by atoms with Gasteiger partial charge in [-0.1, -0.05) is 40.0 Å². The molecule has 1 saturated carbocycles. The molecule has 0 heterocycles. The molecular weight excluding hydrogens is 273 g/mol. The van der Waals surface area contributed by atoms with Crippen LogP contribution in [-0.2, 0) is 5.41 Å². The van der Waals surface area contributed by atoms with Gasteiger partial charge in [0.2, 0.25) is 0 Å². The van der Waals surface area contributed by atoms with Gasteiger partial charge in [0.15, 0.2) is 0 Å². The summed E-state index contributed by atoms with van der Waals surface area (Å²) in [6.07, 6.45) is 4.90. The van der Waals surface area contributed by atoms with Gasteiger partial charge in [-0.05, 0) is 48.9 Å². The Morgan fingerprint density at radius 3 is 2.60 bits per heavy atom. The lowest BCUT2D eigenvalue weighted by atomic mass is 9.62.